The van der Waals surface area contributed by atoms with Crippen molar-refractivity contribution >= 4 is 12.0 Å². The molecule has 1 fully saturated rings. The van der Waals surface area contributed by atoms with Crippen LogP contribution >= 0.6 is 0 Å². The van der Waals surface area contributed by atoms with Gasteiger partial charge in [0.2, 0.25) is 5.91 Å². The molecule has 2 amide bonds. The fraction of sp³-hybridized carbons (Fsp3) is 0.846. The maximum absolute atomic E-state index is 11.8. The van der Waals surface area contributed by atoms with Gasteiger partial charge in [0.15, 0.2) is 0 Å². The van der Waals surface area contributed by atoms with Gasteiger partial charge in [0.25, 0.3) is 0 Å². The van der Waals surface area contributed by atoms with Crippen LogP contribution in [0.25, 0.3) is 0 Å². The highest BCUT2D eigenvalue weighted by atomic mass is 16.6. The van der Waals surface area contributed by atoms with Crippen molar-refractivity contribution in [2.24, 2.45) is 11.7 Å². The summed E-state index contributed by atoms with van der Waals surface area (Å²) in [5.41, 5.74) is 5.80. The summed E-state index contributed by atoms with van der Waals surface area (Å²) in [7, 11) is 0. The van der Waals surface area contributed by atoms with Crippen molar-refractivity contribution in [3.8, 4) is 0 Å². The van der Waals surface area contributed by atoms with E-state index in [1.807, 2.05) is 13.8 Å². The molecule has 0 radical (unpaired) electrons. The second-order valence-electron chi connectivity index (χ2n) is 5.24. The number of hydrogen-bond acceptors (Lipinski definition) is 4. The van der Waals surface area contributed by atoms with Crippen molar-refractivity contribution in [2.75, 3.05) is 19.7 Å². The van der Waals surface area contributed by atoms with E-state index in [0.717, 1.165) is 12.8 Å². The molecule has 0 aromatic rings. The molecule has 6 nitrogen and oxygen atoms in total. The number of likely N-dealkylation sites (tertiary alicyclic amines) is 1. The molecule has 0 spiro atoms. The molecule has 1 heterocycles. The summed E-state index contributed by atoms with van der Waals surface area (Å²) in [5, 5.41) is 2.95. The van der Waals surface area contributed by atoms with E-state index in [-0.39, 0.29) is 24.0 Å². The number of amides is 2. The first kappa shape index (κ1) is 15.8. The average Bonchev–Trinajstić information content (AvgIpc) is 2.38. The zero-order valence-corrected chi connectivity index (χ0v) is 12.0. The fourth-order valence-electron chi connectivity index (χ4n) is 2.02. The van der Waals surface area contributed by atoms with Gasteiger partial charge in [0.1, 0.15) is 0 Å². The number of carbonyl (C=O) groups excluding carboxylic acids is 2. The number of nitrogens with one attached hydrogen (secondary N) is 1. The van der Waals surface area contributed by atoms with Gasteiger partial charge in [-0.2, -0.15) is 0 Å². The van der Waals surface area contributed by atoms with Crippen LogP contribution in [0.2, 0.25) is 0 Å². The van der Waals surface area contributed by atoms with Crippen LogP contribution in [-0.4, -0.2) is 48.7 Å². The molecule has 0 aromatic heterocycles. The van der Waals surface area contributed by atoms with Crippen LogP contribution in [0.4, 0.5) is 4.79 Å². The van der Waals surface area contributed by atoms with Crippen molar-refractivity contribution in [3.63, 3.8) is 0 Å². The highest BCUT2D eigenvalue weighted by Gasteiger charge is 2.26. The van der Waals surface area contributed by atoms with E-state index in [9.17, 15) is 9.59 Å². The lowest BCUT2D eigenvalue weighted by Gasteiger charge is -2.32. The van der Waals surface area contributed by atoms with Crippen LogP contribution in [0.3, 0.4) is 0 Å². The number of nitrogens with two attached hydrogens (primary N) is 1. The zero-order chi connectivity index (χ0) is 14.4. The van der Waals surface area contributed by atoms with E-state index in [2.05, 4.69) is 5.32 Å². The molecule has 0 bridgehead atoms. The molecule has 0 aliphatic carbocycles. The second kappa shape index (κ2) is 7.33. The minimum absolute atomic E-state index is 0.1000. The Labute approximate surface area is 114 Å². The summed E-state index contributed by atoms with van der Waals surface area (Å²) in [6, 6.07) is -0.369. The molecule has 1 aliphatic heterocycles. The van der Waals surface area contributed by atoms with E-state index in [1.54, 1.807) is 11.8 Å². The number of carbonyl (C=O) groups is 2. The zero-order valence-electron chi connectivity index (χ0n) is 12.0. The second-order valence-corrected chi connectivity index (χ2v) is 5.24. The minimum Gasteiger partial charge on any atom is -0.450 e. The topological polar surface area (TPSA) is 84.7 Å². The number of nitrogens with zero attached hydrogens (tertiary/aromatic N) is 1. The number of rotatable bonds is 4. The molecular weight excluding hydrogens is 246 g/mol. The van der Waals surface area contributed by atoms with Crippen LogP contribution in [-0.2, 0) is 9.53 Å². The molecule has 1 aliphatic rings. The highest BCUT2D eigenvalue weighted by molar-refractivity contribution is 5.82. The van der Waals surface area contributed by atoms with Gasteiger partial charge in [-0.3, -0.25) is 4.79 Å². The lowest BCUT2D eigenvalue weighted by Crippen LogP contribution is -2.51. The first-order valence-electron chi connectivity index (χ1n) is 6.93. The Hall–Kier alpha value is -1.30. The summed E-state index contributed by atoms with van der Waals surface area (Å²) in [5.74, 6) is 0.0178. The maximum atomic E-state index is 11.8. The summed E-state index contributed by atoms with van der Waals surface area (Å²) in [6.45, 7) is 7.25. The van der Waals surface area contributed by atoms with E-state index >= 15 is 0 Å². The maximum Gasteiger partial charge on any atom is 0.409 e. The van der Waals surface area contributed by atoms with Gasteiger partial charge >= 0.3 is 6.09 Å². The van der Waals surface area contributed by atoms with Crippen LogP contribution in [0.5, 0.6) is 0 Å². The summed E-state index contributed by atoms with van der Waals surface area (Å²) < 4.78 is 4.95. The van der Waals surface area contributed by atoms with Gasteiger partial charge in [0.05, 0.1) is 12.6 Å². The lowest BCUT2D eigenvalue weighted by atomic mass is 10.0. The highest BCUT2D eigenvalue weighted by Crippen LogP contribution is 2.12. The molecule has 110 valence electrons. The Kier molecular flexibility index (Phi) is 6.08. The van der Waals surface area contributed by atoms with Gasteiger partial charge < -0.3 is 20.7 Å². The van der Waals surface area contributed by atoms with Gasteiger partial charge in [-0.1, -0.05) is 13.8 Å². The third-order valence-corrected chi connectivity index (χ3v) is 3.39. The Morgan fingerprint density at radius 3 is 2.42 bits per heavy atom. The van der Waals surface area contributed by atoms with E-state index in [4.69, 9.17) is 10.5 Å². The molecule has 1 rings (SSSR count). The monoisotopic (exact) mass is 271 g/mol. The molecule has 1 saturated heterocycles. The molecule has 0 saturated carbocycles. The van der Waals surface area contributed by atoms with Crippen LogP contribution in [0.15, 0.2) is 0 Å². The first-order valence-corrected chi connectivity index (χ1v) is 6.93. The Morgan fingerprint density at radius 2 is 1.95 bits per heavy atom. The molecule has 19 heavy (non-hydrogen) atoms. The van der Waals surface area contributed by atoms with Crippen LogP contribution in [0, 0.1) is 5.92 Å². The quantitative estimate of drug-likeness (QED) is 0.788. The summed E-state index contributed by atoms with van der Waals surface area (Å²) in [4.78, 5) is 25.0. The molecule has 3 N–H and O–H groups in total. The molecule has 1 atom stereocenters. The van der Waals surface area contributed by atoms with Crippen molar-refractivity contribution < 1.29 is 14.3 Å². The van der Waals surface area contributed by atoms with Gasteiger partial charge in [-0.15, -0.1) is 0 Å². The Morgan fingerprint density at radius 1 is 1.37 bits per heavy atom. The predicted octanol–water partition coefficient (Wildman–Crippen LogP) is 0.707. The molecule has 0 aromatic carbocycles. The average molecular weight is 271 g/mol. The van der Waals surface area contributed by atoms with Crippen molar-refractivity contribution in [1.29, 1.82) is 0 Å². The predicted molar refractivity (Wildman–Crippen MR) is 72.6 cm³/mol. The minimum atomic E-state index is -0.469. The van der Waals surface area contributed by atoms with Gasteiger partial charge in [0, 0.05) is 19.1 Å². The summed E-state index contributed by atoms with van der Waals surface area (Å²) >= 11 is 0. The van der Waals surface area contributed by atoms with Crippen LogP contribution < -0.4 is 11.1 Å². The van der Waals surface area contributed by atoms with Crippen molar-refractivity contribution in [1.82, 2.24) is 10.2 Å². The Bertz CT molecular complexity index is 312. The van der Waals surface area contributed by atoms with E-state index in [1.165, 1.54) is 0 Å². The molecule has 6 heteroatoms. The molecule has 1 unspecified atom stereocenters. The number of hydrogen-bond donors (Lipinski definition) is 2. The van der Waals surface area contributed by atoms with Crippen molar-refractivity contribution in [3.05, 3.63) is 0 Å². The van der Waals surface area contributed by atoms with Crippen molar-refractivity contribution in [2.45, 2.75) is 45.7 Å². The number of piperidine rings is 1. The standard InChI is InChI=1S/C13H25N3O3/c1-4-19-13(18)16-7-5-10(6-8-16)15-12(17)11(14)9(2)3/h9-11H,4-8,14H2,1-3H3,(H,15,17). The fourth-order valence-corrected chi connectivity index (χ4v) is 2.02. The first-order chi connectivity index (χ1) is 8.95. The number of ether oxygens (including phenoxy) is 1. The van der Waals surface area contributed by atoms with Crippen LogP contribution in [0.1, 0.15) is 33.6 Å². The molecular formula is C13H25N3O3. The third kappa shape index (κ3) is 4.70. The SMILES string of the molecule is CCOC(=O)N1CCC(NC(=O)C(N)C(C)C)CC1. The van der Waals surface area contributed by atoms with Gasteiger partial charge in [-0.25, -0.2) is 4.79 Å². The largest absolute Gasteiger partial charge is 0.450 e. The van der Waals surface area contributed by atoms with Gasteiger partial charge in [-0.05, 0) is 25.7 Å². The van der Waals surface area contributed by atoms with E-state index in [0.29, 0.717) is 19.7 Å². The smallest absolute Gasteiger partial charge is 0.409 e. The summed E-state index contributed by atoms with van der Waals surface area (Å²) in [6.07, 6.45) is 1.22. The third-order valence-electron chi connectivity index (χ3n) is 3.39. The lowest BCUT2D eigenvalue weighted by molar-refractivity contribution is -0.124. The van der Waals surface area contributed by atoms with E-state index < -0.39 is 6.04 Å². The Balaban J connectivity index is 2.34. The normalized spacial score (nSPS) is 18.3.